The monoisotopic (exact) mass is 364 g/mol. The molecule has 2 aliphatic rings. The quantitative estimate of drug-likeness (QED) is 0.515. The molecule has 0 N–H and O–H groups in total. The van der Waals surface area contributed by atoms with E-state index in [1.165, 1.54) is 32.1 Å². The van der Waals surface area contributed by atoms with Crippen molar-refractivity contribution in [3.05, 3.63) is 0 Å². The van der Waals surface area contributed by atoms with Crippen LogP contribution in [0.5, 0.6) is 0 Å². The molecule has 2 fully saturated rings. The third kappa shape index (κ3) is 12.8. The van der Waals surface area contributed by atoms with E-state index in [0.29, 0.717) is 6.04 Å². The van der Waals surface area contributed by atoms with Gasteiger partial charge in [0.25, 0.3) is 0 Å². The number of hydrogen-bond donors (Lipinski definition) is 0. The van der Waals surface area contributed by atoms with Crippen LogP contribution >= 0.6 is 0 Å². The molecule has 7 nitrogen and oxygen atoms in total. The highest BCUT2D eigenvalue weighted by atomic mass is 16.5. The molecular formula is C19H36N6O. The van der Waals surface area contributed by atoms with Crippen molar-refractivity contribution < 1.29 is 4.74 Å². The molecule has 1 aliphatic heterocycles. The lowest BCUT2D eigenvalue weighted by atomic mass is 9.96. The molecule has 0 aromatic carbocycles. The number of nitrogens with zero attached hydrogens (tertiary/aromatic N) is 6. The van der Waals surface area contributed by atoms with E-state index in [4.69, 9.17) is 4.74 Å². The Bertz CT molecular complexity index is 433. The molecule has 7 heteroatoms. The van der Waals surface area contributed by atoms with Gasteiger partial charge in [-0.3, -0.25) is 5.01 Å². The summed E-state index contributed by atoms with van der Waals surface area (Å²) in [4.78, 5) is 14.4. The highest BCUT2D eigenvalue weighted by Gasteiger charge is 2.11. The van der Waals surface area contributed by atoms with E-state index < -0.39 is 0 Å². The second-order valence-electron chi connectivity index (χ2n) is 6.80. The summed E-state index contributed by atoms with van der Waals surface area (Å²) in [7, 11) is 4.12. The second-order valence-corrected chi connectivity index (χ2v) is 6.80. The standard InChI is InChI=1S/C11H19N3O.C8H17N3/c1-2-4-11(5-3-1)12-10-13-14-6-8-15-9-7-14;1-4-9-8-10-6-5-7-11(2)3/h11H,1-9H2;4-7H2,1-3H3. The highest BCUT2D eigenvalue weighted by Crippen LogP contribution is 2.19. The average Bonchev–Trinajstić information content (AvgIpc) is 2.67. The molecule has 0 amide bonds. The van der Waals surface area contributed by atoms with Crippen molar-refractivity contribution in [2.75, 3.05) is 60.0 Å². The van der Waals surface area contributed by atoms with E-state index in [0.717, 1.165) is 52.4 Å². The summed E-state index contributed by atoms with van der Waals surface area (Å²) in [5.41, 5.74) is 0. The molecule has 0 unspecified atom stereocenters. The van der Waals surface area contributed by atoms with Crippen molar-refractivity contribution in [2.45, 2.75) is 51.5 Å². The van der Waals surface area contributed by atoms with Crippen molar-refractivity contribution >= 4 is 12.0 Å². The maximum absolute atomic E-state index is 5.24. The van der Waals surface area contributed by atoms with E-state index in [1.54, 1.807) is 0 Å². The van der Waals surface area contributed by atoms with Gasteiger partial charge in [0.1, 0.15) is 6.01 Å². The van der Waals surface area contributed by atoms with Crippen molar-refractivity contribution in [1.29, 1.82) is 0 Å². The van der Waals surface area contributed by atoms with Crippen molar-refractivity contribution in [2.24, 2.45) is 20.1 Å². The Morgan fingerprint density at radius 1 is 1.04 bits per heavy atom. The zero-order chi connectivity index (χ0) is 18.9. The number of hydrogen-bond acceptors (Lipinski definition) is 7. The highest BCUT2D eigenvalue weighted by molar-refractivity contribution is 5.41. The molecule has 0 spiro atoms. The largest absolute Gasteiger partial charge is 0.378 e. The molecule has 26 heavy (non-hydrogen) atoms. The van der Waals surface area contributed by atoms with E-state index in [1.807, 2.05) is 11.9 Å². The molecule has 1 saturated heterocycles. The molecule has 2 rings (SSSR count). The van der Waals surface area contributed by atoms with Crippen LogP contribution in [0.4, 0.5) is 0 Å². The van der Waals surface area contributed by atoms with Gasteiger partial charge in [-0.1, -0.05) is 19.3 Å². The molecule has 148 valence electrons. The first-order chi connectivity index (χ1) is 12.7. The van der Waals surface area contributed by atoms with Gasteiger partial charge in [-0.25, -0.2) is 15.0 Å². The fourth-order valence-electron chi connectivity index (χ4n) is 2.67. The van der Waals surface area contributed by atoms with Crippen LogP contribution in [0.1, 0.15) is 45.4 Å². The Kier molecular flexibility index (Phi) is 13.6. The predicted molar refractivity (Wildman–Crippen MR) is 108 cm³/mol. The number of morpholine rings is 1. The minimum atomic E-state index is 0.476. The molecule has 1 saturated carbocycles. The molecule has 0 radical (unpaired) electrons. The van der Waals surface area contributed by atoms with E-state index in [-0.39, 0.29) is 0 Å². The summed E-state index contributed by atoms with van der Waals surface area (Å²) in [5, 5.41) is 6.20. The molecule has 0 atom stereocenters. The van der Waals surface area contributed by atoms with Crippen molar-refractivity contribution in [3.63, 3.8) is 0 Å². The lowest BCUT2D eigenvalue weighted by molar-refractivity contribution is 0.0397. The molecule has 1 heterocycles. The van der Waals surface area contributed by atoms with Crippen LogP contribution in [-0.4, -0.2) is 88.0 Å². The molecular weight excluding hydrogens is 328 g/mol. The zero-order valence-electron chi connectivity index (χ0n) is 16.9. The normalized spacial score (nSPS) is 17.5. The van der Waals surface area contributed by atoms with E-state index in [2.05, 4.69) is 51.1 Å². The molecule has 1 aliphatic carbocycles. The second kappa shape index (κ2) is 15.7. The van der Waals surface area contributed by atoms with Crippen LogP contribution < -0.4 is 0 Å². The molecule has 0 aromatic rings. The minimum Gasteiger partial charge on any atom is -0.378 e. The van der Waals surface area contributed by atoms with Crippen molar-refractivity contribution in [3.8, 4) is 0 Å². The van der Waals surface area contributed by atoms with Gasteiger partial charge in [0.15, 0.2) is 0 Å². The molecule has 0 aromatic heterocycles. The first-order valence-corrected chi connectivity index (χ1v) is 9.93. The summed E-state index contributed by atoms with van der Waals surface area (Å²) < 4.78 is 5.24. The summed E-state index contributed by atoms with van der Waals surface area (Å²) >= 11 is 0. The van der Waals surface area contributed by atoms with Crippen LogP contribution in [0, 0.1) is 0 Å². The first-order valence-electron chi connectivity index (χ1n) is 9.93. The van der Waals surface area contributed by atoms with Gasteiger partial charge in [-0.15, -0.1) is 5.10 Å². The third-order valence-corrected chi connectivity index (χ3v) is 4.16. The smallest absolute Gasteiger partial charge is 0.115 e. The Morgan fingerprint density at radius 2 is 1.77 bits per heavy atom. The Labute approximate surface area is 158 Å². The van der Waals surface area contributed by atoms with Gasteiger partial charge >= 0.3 is 0 Å². The zero-order valence-corrected chi connectivity index (χ0v) is 16.9. The number of ether oxygens (including phenoxy) is 1. The van der Waals surface area contributed by atoms with Crippen LogP contribution in [0.2, 0.25) is 0 Å². The van der Waals surface area contributed by atoms with E-state index in [9.17, 15) is 0 Å². The summed E-state index contributed by atoms with van der Waals surface area (Å²) in [6.07, 6.45) is 7.50. The maximum Gasteiger partial charge on any atom is 0.115 e. The van der Waals surface area contributed by atoms with Gasteiger partial charge in [-0.05, 0) is 46.8 Å². The molecule has 0 bridgehead atoms. The number of rotatable bonds is 7. The lowest BCUT2D eigenvalue weighted by Gasteiger charge is -2.22. The van der Waals surface area contributed by atoms with Crippen molar-refractivity contribution in [1.82, 2.24) is 9.91 Å². The Balaban J connectivity index is 0.000000276. The summed E-state index contributed by atoms with van der Waals surface area (Å²) in [6.45, 7) is 7.95. The fourth-order valence-corrected chi connectivity index (χ4v) is 2.67. The van der Waals surface area contributed by atoms with Gasteiger partial charge in [0.2, 0.25) is 0 Å². The van der Waals surface area contributed by atoms with Crippen LogP contribution in [0.3, 0.4) is 0 Å². The van der Waals surface area contributed by atoms with Crippen LogP contribution in [0.25, 0.3) is 0 Å². The first kappa shape index (κ1) is 22.5. The minimum absolute atomic E-state index is 0.476. The summed E-state index contributed by atoms with van der Waals surface area (Å²) in [6, 6.07) is 5.96. The van der Waals surface area contributed by atoms with Crippen LogP contribution in [0.15, 0.2) is 20.1 Å². The Hall–Kier alpha value is -1.52. The van der Waals surface area contributed by atoms with Gasteiger partial charge in [0, 0.05) is 6.54 Å². The average molecular weight is 365 g/mol. The predicted octanol–water partition coefficient (Wildman–Crippen LogP) is 2.87. The van der Waals surface area contributed by atoms with Crippen LogP contribution in [-0.2, 0) is 4.74 Å². The number of hydrazone groups is 1. The van der Waals surface area contributed by atoms with Gasteiger partial charge in [-0.2, -0.15) is 0 Å². The van der Waals surface area contributed by atoms with E-state index >= 15 is 0 Å². The van der Waals surface area contributed by atoms with Gasteiger partial charge < -0.3 is 9.64 Å². The maximum atomic E-state index is 5.24. The lowest BCUT2D eigenvalue weighted by Crippen LogP contribution is -2.32. The SMILES string of the molecule is C(=NC1CCCCC1)=NN1CCOCC1.CCN=C=NCCCN(C)C. The fraction of sp³-hybridized carbons (Fsp3) is 0.895. The third-order valence-electron chi connectivity index (χ3n) is 4.16. The topological polar surface area (TPSA) is 65.1 Å². The van der Waals surface area contributed by atoms with Gasteiger partial charge in [0.05, 0.1) is 44.9 Å². The number of aliphatic imine (C=N–C) groups is 3. The Morgan fingerprint density at radius 3 is 2.42 bits per heavy atom. The summed E-state index contributed by atoms with van der Waals surface area (Å²) in [5.74, 6) is 0.